The zero-order valence-corrected chi connectivity index (χ0v) is 19.8. The molecule has 1 aliphatic heterocycles. The summed E-state index contributed by atoms with van der Waals surface area (Å²) < 4.78 is 1.84. The van der Waals surface area contributed by atoms with Crippen LogP contribution in [0.1, 0.15) is 45.2 Å². The Kier molecular flexibility index (Phi) is 5.30. The van der Waals surface area contributed by atoms with Gasteiger partial charge in [-0.1, -0.05) is 23.7 Å². The molecule has 1 fully saturated rings. The largest absolute Gasteiger partial charge is 0.360 e. The lowest BCUT2D eigenvalue weighted by Crippen LogP contribution is -2.14. The van der Waals surface area contributed by atoms with Crippen molar-refractivity contribution in [1.29, 1.82) is 5.41 Å². The van der Waals surface area contributed by atoms with Gasteiger partial charge in [-0.3, -0.25) is 9.59 Å². The highest BCUT2D eigenvalue weighted by Gasteiger charge is 2.34. The van der Waals surface area contributed by atoms with Crippen LogP contribution in [0.25, 0.3) is 16.5 Å². The molecule has 9 heteroatoms. The number of nitrogens with zero attached hydrogens (tertiary/aromatic N) is 2. The van der Waals surface area contributed by atoms with Crippen molar-refractivity contribution in [3.05, 3.63) is 88.8 Å². The zero-order valence-electron chi connectivity index (χ0n) is 19.0. The molecule has 0 bridgehead atoms. The van der Waals surface area contributed by atoms with Crippen LogP contribution in [0.3, 0.4) is 0 Å². The molecule has 178 valence electrons. The van der Waals surface area contributed by atoms with E-state index < -0.39 is 0 Å². The number of carbonyl (C=O) groups excluding carboxylic acids is 2. The molecule has 2 amide bonds. The maximum atomic E-state index is 13.3. The minimum atomic E-state index is -0.258. The Bertz CT molecular complexity index is 1600. The van der Waals surface area contributed by atoms with Gasteiger partial charge in [-0.15, -0.1) is 0 Å². The molecular weight excluding hydrogens is 476 g/mol. The van der Waals surface area contributed by atoms with Crippen molar-refractivity contribution in [2.75, 3.05) is 16.0 Å². The van der Waals surface area contributed by atoms with E-state index in [1.807, 2.05) is 35.0 Å². The molecule has 3 aromatic carbocycles. The summed E-state index contributed by atoms with van der Waals surface area (Å²) >= 11 is 6.36. The van der Waals surface area contributed by atoms with Crippen LogP contribution < -0.4 is 16.0 Å². The zero-order chi connectivity index (χ0) is 24.8. The third kappa shape index (κ3) is 3.72. The smallest absolute Gasteiger partial charge is 0.259 e. The maximum Gasteiger partial charge on any atom is 0.259 e. The molecule has 2 heterocycles. The third-order valence-electron chi connectivity index (χ3n) is 6.41. The van der Waals surface area contributed by atoms with Crippen LogP contribution >= 0.6 is 11.6 Å². The van der Waals surface area contributed by atoms with Crippen LogP contribution in [-0.2, 0) is 0 Å². The highest BCUT2D eigenvalue weighted by molar-refractivity contribution is 6.33. The van der Waals surface area contributed by atoms with E-state index in [0.29, 0.717) is 27.5 Å². The van der Waals surface area contributed by atoms with Gasteiger partial charge in [0.25, 0.3) is 11.8 Å². The normalized spacial score (nSPS) is 14.3. The fraction of sp³-hybridized carbons (Fsp3) is 0.111. The lowest BCUT2D eigenvalue weighted by molar-refractivity contribution is 0.102. The Morgan fingerprint density at radius 2 is 2.06 bits per heavy atom. The van der Waals surface area contributed by atoms with Crippen LogP contribution in [0, 0.1) is 5.41 Å². The minimum absolute atomic E-state index is 0.110. The number of nitrogens with one attached hydrogen (secondary N) is 4. The second kappa shape index (κ2) is 8.66. The predicted octanol–water partition coefficient (Wildman–Crippen LogP) is 5.95. The molecule has 4 N–H and O–H groups in total. The Hall–Kier alpha value is -4.43. The van der Waals surface area contributed by atoms with Crippen molar-refractivity contribution in [2.45, 2.75) is 18.8 Å². The molecule has 0 spiro atoms. The Labute approximate surface area is 211 Å². The highest BCUT2D eigenvalue weighted by atomic mass is 35.5. The van der Waals surface area contributed by atoms with E-state index in [1.165, 1.54) is 0 Å². The van der Waals surface area contributed by atoms with Gasteiger partial charge in [0.2, 0.25) is 0 Å². The predicted molar refractivity (Wildman–Crippen MR) is 142 cm³/mol. The number of aromatic nitrogens is 2. The van der Waals surface area contributed by atoms with Gasteiger partial charge in [0.1, 0.15) is 0 Å². The Morgan fingerprint density at radius 3 is 2.83 bits per heavy atom. The van der Waals surface area contributed by atoms with E-state index in [-0.39, 0.29) is 17.7 Å². The number of halogens is 1. The summed E-state index contributed by atoms with van der Waals surface area (Å²) in [6.45, 7) is 0. The average Bonchev–Trinajstić information content (AvgIpc) is 3.53. The van der Waals surface area contributed by atoms with Gasteiger partial charge in [0, 0.05) is 46.0 Å². The molecule has 1 saturated carbocycles. The first-order chi connectivity index (χ1) is 17.5. The minimum Gasteiger partial charge on any atom is -0.360 e. The van der Waals surface area contributed by atoms with Crippen LogP contribution in [0.4, 0.5) is 17.1 Å². The van der Waals surface area contributed by atoms with Crippen molar-refractivity contribution in [1.82, 2.24) is 9.78 Å². The van der Waals surface area contributed by atoms with E-state index in [9.17, 15) is 9.59 Å². The van der Waals surface area contributed by atoms with Crippen LogP contribution in [0.5, 0.6) is 0 Å². The Morgan fingerprint density at radius 1 is 1.19 bits per heavy atom. The summed E-state index contributed by atoms with van der Waals surface area (Å²) in [5.41, 5.74) is 4.88. The summed E-state index contributed by atoms with van der Waals surface area (Å²) in [6, 6.07) is 14.7. The first-order valence-corrected chi connectivity index (χ1v) is 11.9. The van der Waals surface area contributed by atoms with Crippen molar-refractivity contribution >= 4 is 57.5 Å². The number of hydrogen-bond acceptors (Lipinski definition) is 5. The van der Waals surface area contributed by atoms with Gasteiger partial charge in [0.15, 0.2) is 0 Å². The van der Waals surface area contributed by atoms with Gasteiger partial charge in [-0.25, -0.2) is 4.68 Å². The molecule has 1 aliphatic carbocycles. The van der Waals surface area contributed by atoms with E-state index in [1.54, 1.807) is 36.7 Å². The molecule has 0 atom stereocenters. The maximum absolute atomic E-state index is 13.3. The molecule has 4 aromatic rings. The summed E-state index contributed by atoms with van der Waals surface area (Å²) in [7, 11) is 0. The summed E-state index contributed by atoms with van der Waals surface area (Å²) in [6.07, 6.45) is 7.89. The quantitative estimate of drug-likeness (QED) is 0.237. The molecular formula is C27H21ClN6O2. The topological polar surface area (TPSA) is 112 Å². The molecule has 0 saturated heterocycles. The first-order valence-electron chi connectivity index (χ1n) is 11.5. The molecule has 0 unspecified atom stereocenters. The number of anilines is 3. The van der Waals surface area contributed by atoms with Crippen molar-refractivity contribution in [3.8, 4) is 5.69 Å². The summed E-state index contributed by atoms with van der Waals surface area (Å²) in [4.78, 5) is 25.7. The molecule has 8 nitrogen and oxygen atoms in total. The highest BCUT2D eigenvalue weighted by Crippen LogP contribution is 2.44. The van der Waals surface area contributed by atoms with E-state index in [2.05, 4.69) is 21.0 Å². The fourth-order valence-corrected chi connectivity index (χ4v) is 4.86. The van der Waals surface area contributed by atoms with Crippen molar-refractivity contribution < 1.29 is 9.59 Å². The van der Waals surface area contributed by atoms with Gasteiger partial charge in [-0.05, 0) is 55.3 Å². The monoisotopic (exact) mass is 496 g/mol. The number of hydrogen-bond donors (Lipinski definition) is 4. The SMILES string of the molecule is N=C/C=C\Nc1ccc(NC(=O)c2cnn(-c3ccc4c5c(cccc35)C(=O)N4)c2C2CC2)cc1Cl. The molecule has 2 aliphatic rings. The van der Waals surface area contributed by atoms with E-state index >= 15 is 0 Å². The van der Waals surface area contributed by atoms with Crippen LogP contribution in [0.2, 0.25) is 5.02 Å². The molecule has 6 rings (SSSR count). The average molecular weight is 497 g/mol. The third-order valence-corrected chi connectivity index (χ3v) is 6.72. The van der Waals surface area contributed by atoms with Gasteiger partial charge in [0.05, 0.1) is 33.9 Å². The van der Waals surface area contributed by atoms with E-state index in [4.69, 9.17) is 17.0 Å². The molecule has 36 heavy (non-hydrogen) atoms. The Balaban J connectivity index is 1.34. The summed E-state index contributed by atoms with van der Waals surface area (Å²) in [5, 5.41) is 22.7. The van der Waals surface area contributed by atoms with E-state index in [0.717, 1.165) is 46.9 Å². The van der Waals surface area contributed by atoms with Crippen LogP contribution in [0.15, 0.2) is 67.0 Å². The van der Waals surface area contributed by atoms with Gasteiger partial charge in [-0.2, -0.15) is 5.10 Å². The first kappa shape index (κ1) is 22.1. The standard InChI is InChI=1S/C27H21ClN6O2/c28-20-13-16(7-8-21(20)30-12-2-11-29)32-27(36)19-14-31-34(25(19)15-5-6-15)23-10-9-22-24-17(23)3-1-4-18(24)26(35)33-22/h1-4,7-15,29-30H,5-6H2,(H,32,36)(H,33,35)/b12-2-,29-11?. The molecule has 1 aromatic heterocycles. The number of benzene rings is 3. The number of allylic oxidation sites excluding steroid dienone is 1. The lowest BCUT2D eigenvalue weighted by Gasteiger charge is -2.13. The second-order valence-corrected chi connectivity index (χ2v) is 9.17. The second-order valence-electron chi connectivity index (χ2n) is 8.76. The van der Waals surface area contributed by atoms with Gasteiger partial charge >= 0.3 is 0 Å². The number of rotatable bonds is 7. The summed E-state index contributed by atoms with van der Waals surface area (Å²) in [5.74, 6) is -0.125. The van der Waals surface area contributed by atoms with Crippen LogP contribution in [-0.4, -0.2) is 27.8 Å². The van der Waals surface area contributed by atoms with Crippen molar-refractivity contribution in [3.63, 3.8) is 0 Å². The van der Waals surface area contributed by atoms with Crippen molar-refractivity contribution in [2.24, 2.45) is 0 Å². The fourth-order valence-electron chi connectivity index (χ4n) is 4.63. The number of carbonyl (C=O) groups is 2. The number of amides is 2. The molecule has 0 radical (unpaired) electrons. The van der Waals surface area contributed by atoms with Gasteiger partial charge < -0.3 is 21.4 Å². The lowest BCUT2D eigenvalue weighted by atomic mass is 10.0.